The van der Waals surface area contributed by atoms with Gasteiger partial charge in [0.25, 0.3) is 6.43 Å². The van der Waals surface area contributed by atoms with Crippen molar-refractivity contribution in [3.05, 3.63) is 42.0 Å². The zero-order valence-corrected chi connectivity index (χ0v) is 14.8. The highest BCUT2D eigenvalue weighted by atomic mass is 19.3. The van der Waals surface area contributed by atoms with Gasteiger partial charge in [-0.3, -0.25) is 9.59 Å². The largest absolute Gasteiger partial charge is 0.497 e. The first-order valence-electron chi connectivity index (χ1n) is 8.12. The Balaban J connectivity index is 2.68. The van der Waals surface area contributed by atoms with Gasteiger partial charge >= 0.3 is 11.9 Å². The predicted octanol–water partition coefficient (Wildman–Crippen LogP) is 3.48. The third-order valence-corrected chi connectivity index (χ3v) is 4.02. The van der Waals surface area contributed by atoms with Gasteiger partial charge in [-0.25, -0.2) is 8.78 Å². The van der Waals surface area contributed by atoms with Gasteiger partial charge in [0.2, 0.25) is 5.41 Å². The molecule has 0 radical (unpaired) electrons. The summed E-state index contributed by atoms with van der Waals surface area (Å²) >= 11 is 0. The van der Waals surface area contributed by atoms with Crippen LogP contribution in [0.2, 0.25) is 0 Å². The molecule has 5 nitrogen and oxygen atoms in total. The van der Waals surface area contributed by atoms with Crippen LogP contribution in [0, 0.1) is 0 Å². The monoisotopic (exact) mass is 366 g/mol. The number of methoxy groups -OCH3 is 1. The van der Waals surface area contributed by atoms with E-state index in [1.54, 1.807) is 24.3 Å². The Morgan fingerprint density at radius 2 is 1.50 bits per heavy atom. The zero-order chi connectivity index (χ0) is 19.3. The number of ether oxygens (including phenoxy) is 3. The molecule has 0 aromatic heterocycles. The summed E-state index contributed by atoms with van der Waals surface area (Å²) in [5, 5.41) is 1.28. The van der Waals surface area contributed by atoms with E-state index in [4.69, 9.17) is 14.2 Å². The topological polar surface area (TPSA) is 61.8 Å². The lowest BCUT2D eigenvalue weighted by molar-refractivity contribution is -0.173. The van der Waals surface area contributed by atoms with E-state index in [1.165, 1.54) is 33.1 Å². The van der Waals surface area contributed by atoms with E-state index in [0.717, 1.165) is 0 Å². The second-order valence-electron chi connectivity index (χ2n) is 5.48. The third-order valence-electron chi connectivity index (χ3n) is 4.02. The van der Waals surface area contributed by atoms with Crippen LogP contribution < -0.4 is 4.74 Å². The molecule has 0 saturated carbocycles. The van der Waals surface area contributed by atoms with E-state index in [2.05, 4.69) is 0 Å². The first kappa shape index (κ1) is 19.6. The lowest BCUT2D eigenvalue weighted by atomic mass is 9.79. The summed E-state index contributed by atoms with van der Waals surface area (Å²) in [5.41, 5.74) is -3.01. The van der Waals surface area contributed by atoms with Gasteiger partial charge in [-0.1, -0.05) is 18.2 Å². The molecule has 0 heterocycles. The quantitative estimate of drug-likeness (QED) is 0.555. The smallest absolute Gasteiger partial charge is 0.334 e. The molecule has 0 N–H and O–H groups in total. The summed E-state index contributed by atoms with van der Waals surface area (Å²) in [5.74, 6) is -2.07. The van der Waals surface area contributed by atoms with Crippen LogP contribution in [-0.4, -0.2) is 38.7 Å². The van der Waals surface area contributed by atoms with Crippen LogP contribution in [-0.2, 0) is 24.5 Å². The number of carbonyl (C=O) groups excluding carboxylic acids is 2. The van der Waals surface area contributed by atoms with Gasteiger partial charge in [0.05, 0.1) is 20.3 Å². The highest BCUT2D eigenvalue weighted by molar-refractivity contribution is 6.07. The van der Waals surface area contributed by atoms with Gasteiger partial charge in [0.1, 0.15) is 5.75 Å². The summed E-state index contributed by atoms with van der Waals surface area (Å²) in [7, 11) is 1.51. The number of rotatable bonds is 7. The summed E-state index contributed by atoms with van der Waals surface area (Å²) in [6.07, 6.45) is -3.34. The van der Waals surface area contributed by atoms with Gasteiger partial charge in [0.15, 0.2) is 0 Å². The first-order valence-corrected chi connectivity index (χ1v) is 8.12. The SMILES string of the molecule is CCOC(=O)C(C(=O)OCC)(c1ccc2cc(OC)ccc2c1)C(F)F. The van der Waals surface area contributed by atoms with Crippen molar-refractivity contribution in [1.29, 1.82) is 0 Å². The molecule has 26 heavy (non-hydrogen) atoms. The fourth-order valence-corrected chi connectivity index (χ4v) is 2.71. The van der Waals surface area contributed by atoms with Crippen LogP contribution in [0.1, 0.15) is 19.4 Å². The minimum atomic E-state index is -3.34. The maximum Gasteiger partial charge on any atom is 0.334 e. The molecule has 0 atom stereocenters. The number of fused-ring (bicyclic) bond motifs is 1. The standard InChI is InChI=1S/C19H20F2O5/c1-4-25-17(22)19(16(20)21,18(23)26-5-2)14-8-6-13-11-15(24-3)9-7-12(13)10-14/h6-11,16H,4-5H2,1-3H3. The summed E-state index contributed by atoms with van der Waals surface area (Å²) in [6.45, 7) is 2.67. The average molecular weight is 366 g/mol. The van der Waals surface area contributed by atoms with Gasteiger partial charge in [-0.2, -0.15) is 0 Å². The second-order valence-corrected chi connectivity index (χ2v) is 5.48. The van der Waals surface area contributed by atoms with Crippen molar-refractivity contribution in [1.82, 2.24) is 0 Å². The number of esters is 2. The van der Waals surface area contributed by atoms with Crippen LogP contribution >= 0.6 is 0 Å². The minimum Gasteiger partial charge on any atom is -0.497 e. The Labute approximate surface area is 149 Å². The molecule has 2 rings (SSSR count). The normalized spacial score (nSPS) is 11.5. The van der Waals surface area contributed by atoms with Crippen LogP contribution in [0.4, 0.5) is 8.78 Å². The molecule has 0 amide bonds. The Kier molecular flexibility index (Phi) is 6.13. The van der Waals surface area contributed by atoms with Gasteiger partial charge in [-0.15, -0.1) is 0 Å². The van der Waals surface area contributed by atoms with E-state index in [-0.39, 0.29) is 18.8 Å². The van der Waals surface area contributed by atoms with Crippen LogP contribution in [0.5, 0.6) is 5.75 Å². The van der Waals surface area contributed by atoms with Crippen molar-refractivity contribution in [2.75, 3.05) is 20.3 Å². The van der Waals surface area contributed by atoms with Crippen molar-refractivity contribution in [3.8, 4) is 5.75 Å². The number of hydrogen-bond acceptors (Lipinski definition) is 5. The van der Waals surface area contributed by atoms with Crippen molar-refractivity contribution in [2.24, 2.45) is 0 Å². The summed E-state index contributed by atoms with van der Waals surface area (Å²) in [6, 6.07) is 9.26. The molecule has 140 valence electrons. The summed E-state index contributed by atoms with van der Waals surface area (Å²) < 4.78 is 42.9. The Bertz CT molecular complexity index is 786. The number of halogens is 2. The minimum absolute atomic E-state index is 0.141. The Morgan fingerprint density at radius 1 is 0.962 bits per heavy atom. The molecule has 2 aromatic rings. The fraction of sp³-hybridized carbons (Fsp3) is 0.368. The maximum absolute atomic E-state index is 14.1. The molecule has 0 aliphatic rings. The molecule has 0 spiro atoms. The van der Waals surface area contributed by atoms with Crippen molar-refractivity contribution < 1.29 is 32.6 Å². The molecular formula is C19H20F2O5. The predicted molar refractivity (Wildman–Crippen MR) is 91.4 cm³/mol. The number of carbonyl (C=O) groups is 2. The van der Waals surface area contributed by atoms with Gasteiger partial charge in [0, 0.05) is 0 Å². The first-order chi connectivity index (χ1) is 12.4. The van der Waals surface area contributed by atoms with E-state index in [9.17, 15) is 18.4 Å². The summed E-state index contributed by atoms with van der Waals surface area (Å²) in [4.78, 5) is 24.9. The van der Waals surface area contributed by atoms with Crippen molar-refractivity contribution >= 4 is 22.7 Å². The lowest BCUT2D eigenvalue weighted by Crippen LogP contribution is -2.51. The molecule has 0 unspecified atom stereocenters. The van der Waals surface area contributed by atoms with E-state index >= 15 is 0 Å². The molecule has 7 heteroatoms. The lowest BCUT2D eigenvalue weighted by Gasteiger charge is -2.29. The van der Waals surface area contributed by atoms with Gasteiger partial charge in [-0.05, 0) is 48.4 Å². The Hall–Kier alpha value is -2.70. The van der Waals surface area contributed by atoms with E-state index in [1.807, 2.05) is 0 Å². The molecule has 0 fully saturated rings. The zero-order valence-electron chi connectivity index (χ0n) is 14.8. The second kappa shape index (κ2) is 8.12. The van der Waals surface area contributed by atoms with Crippen molar-refractivity contribution in [3.63, 3.8) is 0 Å². The van der Waals surface area contributed by atoms with E-state index in [0.29, 0.717) is 16.5 Å². The maximum atomic E-state index is 14.1. The molecule has 0 aliphatic carbocycles. The van der Waals surface area contributed by atoms with Crippen LogP contribution in [0.15, 0.2) is 36.4 Å². The molecule has 2 aromatic carbocycles. The number of alkyl halides is 2. The highest BCUT2D eigenvalue weighted by Crippen LogP contribution is 2.36. The number of benzene rings is 2. The molecule has 0 saturated heterocycles. The molecule has 0 bridgehead atoms. The Morgan fingerprint density at radius 3 is 2.00 bits per heavy atom. The average Bonchev–Trinajstić information content (AvgIpc) is 2.62. The van der Waals surface area contributed by atoms with Crippen LogP contribution in [0.25, 0.3) is 10.8 Å². The fourth-order valence-electron chi connectivity index (χ4n) is 2.71. The van der Waals surface area contributed by atoms with E-state index < -0.39 is 23.8 Å². The van der Waals surface area contributed by atoms with Crippen molar-refractivity contribution in [2.45, 2.75) is 25.7 Å². The van der Waals surface area contributed by atoms with Gasteiger partial charge < -0.3 is 14.2 Å². The van der Waals surface area contributed by atoms with Crippen LogP contribution in [0.3, 0.4) is 0 Å². The third kappa shape index (κ3) is 3.34. The molecule has 0 aliphatic heterocycles. The number of hydrogen-bond donors (Lipinski definition) is 0. The molecular weight excluding hydrogens is 346 g/mol. The highest BCUT2D eigenvalue weighted by Gasteiger charge is 2.58.